The number of aromatic nitrogens is 4. The van der Waals surface area contributed by atoms with Gasteiger partial charge in [-0.1, -0.05) is 18.2 Å². The van der Waals surface area contributed by atoms with Crippen LogP contribution in [-0.4, -0.2) is 20.0 Å². The maximum absolute atomic E-state index is 4.25. The van der Waals surface area contributed by atoms with Crippen LogP contribution in [0.4, 0.5) is 5.69 Å². The molecule has 0 radical (unpaired) electrons. The Morgan fingerprint density at radius 2 is 2.10 bits per heavy atom. The Bertz CT molecular complexity index is 643. The topological polar surface area (TPSA) is 58.5 Å². The van der Waals surface area contributed by atoms with Crippen molar-refractivity contribution in [3.05, 3.63) is 66.2 Å². The lowest BCUT2D eigenvalue weighted by Crippen LogP contribution is -2.10. The van der Waals surface area contributed by atoms with Crippen LogP contribution in [-0.2, 0) is 6.54 Å². The largest absolute Gasteiger partial charge is 0.377 e. The predicted octanol–water partition coefficient (Wildman–Crippen LogP) is 2.83. The lowest BCUT2D eigenvalue weighted by Gasteiger charge is -2.17. The fourth-order valence-electron chi connectivity index (χ4n) is 2.19. The van der Waals surface area contributed by atoms with E-state index in [0.717, 1.165) is 17.9 Å². The molecule has 3 rings (SSSR count). The Hall–Kier alpha value is -2.56. The molecule has 0 amide bonds. The smallest absolute Gasteiger partial charge is 0.0679 e. The van der Waals surface area contributed by atoms with E-state index in [4.69, 9.17) is 0 Å². The summed E-state index contributed by atoms with van der Waals surface area (Å²) in [7, 11) is 0. The standard InChI is InChI=1S/C15H17N5/c1-12(14-7-9-16-19-14)18-15-6-3-2-5-13(15)11-20-10-4-8-17-20/h2-10,12,18H,11H2,1H3,(H,16,19). The van der Waals surface area contributed by atoms with E-state index in [0.29, 0.717) is 0 Å². The monoisotopic (exact) mass is 267 g/mol. The third kappa shape index (κ3) is 2.71. The highest BCUT2D eigenvalue weighted by molar-refractivity contribution is 5.52. The van der Waals surface area contributed by atoms with Gasteiger partial charge in [0.15, 0.2) is 0 Å². The lowest BCUT2D eigenvalue weighted by molar-refractivity contribution is 0.686. The van der Waals surface area contributed by atoms with E-state index in [2.05, 4.69) is 39.7 Å². The molecule has 102 valence electrons. The van der Waals surface area contributed by atoms with Crippen molar-refractivity contribution in [2.75, 3.05) is 5.32 Å². The molecule has 0 aliphatic rings. The van der Waals surface area contributed by atoms with Crippen molar-refractivity contribution in [1.82, 2.24) is 20.0 Å². The second-order valence-corrected chi connectivity index (χ2v) is 4.74. The first-order valence-electron chi connectivity index (χ1n) is 6.64. The Labute approximate surface area is 117 Å². The van der Waals surface area contributed by atoms with Gasteiger partial charge in [-0.3, -0.25) is 9.78 Å². The molecule has 0 spiro atoms. The highest BCUT2D eigenvalue weighted by Gasteiger charge is 2.09. The number of anilines is 1. The summed E-state index contributed by atoms with van der Waals surface area (Å²) in [5, 5.41) is 14.7. The number of nitrogens with one attached hydrogen (secondary N) is 2. The zero-order valence-corrected chi connectivity index (χ0v) is 11.3. The number of para-hydroxylation sites is 1. The average Bonchev–Trinajstić information content (AvgIpc) is 3.13. The predicted molar refractivity (Wildman–Crippen MR) is 78.4 cm³/mol. The van der Waals surface area contributed by atoms with Gasteiger partial charge in [0.1, 0.15) is 0 Å². The Kier molecular flexibility index (Phi) is 3.50. The molecule has 2 heterocycles. The van der Waals surface area contributed by atoms with Gasteiger partial charge in [-0.2, -0.15) is 10.2 Å². The van der Waals surface area contributed by atoms with E-state index in [9.17, 15) is 0 Å². The number of nitrogens with zero attached hydrogens (tertiary/aromatic N) is 3. The average molecular weight is 267 g/mol. The summed E-state index contributed by atoms with van der Waals surface area (Å²) in [5.41, 5.74) is 3.39. The number of hydrogen-bond donors (Lipinski definition) is 2. The number of H-pyrrole nitrogens is 1. The van der Waals surface area contributed by atoms with Crippen LogP contribution in [0.2, 0.25) is 0 Å². The zero-order valence-electron chi connectivity index (χ0n) is 11.3. The molecule has 5 heteroatoms. The number of aromatic amines is 1. The van der Waals surface area contributed by atoms with Crippen LogP contribution in [0.5, 0.6) is 0 Å². The first kappa shape index (κ1) is 12.5. The van der Waals surface area contributed by atoms with Crippen molar-refractivity contribution in [2.24, 2.45) is 0 Å². The molecule has 20 heavy (non-hydrogen) atoms. The minimum atomic E-state index is 0.177. The molecular weight excluding hydrogens is 250 g/mol. The van der Waals surface area contributed by atoms with Gasteiger partial charge in [0.25, 0.3) is 0 Å². The van der Waals surface area contributed by atoms with E-state index < -0.39 is 0 Å². The molecule has 1 aromatic carbocycles. The normalized spacial score (nSPS) is 12.2. The molecule has 1 atom stereocenters. The summed E-state index contributed by atoms with van der Waals surface area (Å²) in [6, 6.07) is 12.4. The van der Waals surface area contributed by atoms with Gasteiger partial charge in [0.2, 0.25) is 0 Å². The molecule has 2 aromatic heterocycles. The third-order valence-corrected chi connectivity index (χ3v) is 3.27. The van der Waals surface area contributed by atoms with Gasteiger partial charge in [-0.15, -0.1) is 0 Å². The number of hydrogen-bond acceptors (Lipinski definition) is 3. The Balaban J connectivity index is 1.79. The molecule has 2 N–H and O–H groups in total. The molecule has 0 aliphatic carbocycles. The van der Waals surface area contributed by atoms with E-state index >= 15 is 0 Å². The van der Waals surface area contributed by atoms with E-state index in [1.807, 2.05) is 35.1 Å². The molecule has 3 aromatic rings. The van der Waals surface area contributed by atoms with E-state index in [1.165, 1.54) is 5.56 Å². The summed E-state index contributed by atoms with van der Waals surface area (Å²) in [6.07, 6.45) is 5.53. The van der Waals surface area contributed by atoms with Crippen molar-refractivity contribution in [3.8, 4) is 0 Å². The van der Waals surface area contributed by atoms with Crippen LogP contribution in [0.15, 0.2) is 55.0 Å². The summed E-state index contributed by atoms with van der Waals surface area (Å²) >= 11 is 0. The van der Waals surface area contributed by atoms with Crippen molar-refractivity contribution in [3.63, 3.8) is 0 Å². The van der Waals surface area contributed by atoms with Crippen LogP contribution >= 0.6 is 0 Å². The van der Waals surface area contributed by atoms with Crippen molar-refractivity contribution < 1.29 is 0 Å². The molecule has 0 bridgehead atoms. The second kappa shape index (κ2) is 5.61. The lowest BCUT2D eigenvalue weighted by atomic mass is 10.1. The van der Waals surface area contributed by atoms with Gasteiger partial charge < -0.3 is 5.32 Å². The third-order valence-electron chi connectivity index (χ3n) is 3.27. The minimum absolute atomic E-state index is 0.177. The fraction of sp³-hybridized carbons (Fsp3) is 0.200. The quantitative estimate of drug-likeness (QED) is 0.747. The molecular formula is C15H17N5. The van der Waals surface area contributed by atoms with Crippen molar-refractivity contribution in [1.29, 1.82) is 0 Å². The van der Waals surface area contributed by atoms with Crippen LogP contribution in [0.25, 0.3) is 0 Å². The van der Waals surface area contributed by atoms with Gasteiger partial charge in [0, 0.05) is 24.3 Å². The highest BCUT2D eigenvalue weighted by Crippen LogP contribution is 2.21. The minimum Gasteiger partial charge on any atom is -0.377 e. The van der Waals surface area contributed by atoms with Gasteiger partial charge in [0.05, 0.1) is 18.3 Å². The maximum Gasteiger partial charge on any atom is 0.0679 e. The van der Waals surface area contributed by atoms with Crippen molar-refractivity contribution in [2.45, 2.75) is 19.5 Å². The van der Waals surface area contributed by atoms with Crippen LogP contribution in [0.3, 0.4) is 0 Å². The zero-order chi connectivity index (χ0) is 13.8. The van der Waals surface area contributed by atoms with Crippen LogP contribution in [0, 0.1) is 0 Å². The Morgan fingerprint density at radius 1 is 1.20 bits per heavy atom. The number of benzene rings is 1. The highest BCUT2D eigenvalue weighted by atomic mass is 15.3. The Morgan fingerprint density at radius 3 is 2.85 bits per heavy atom. The van der Waals surface area contributed by atoms with Gasteiger partial charge in [-0.05, 0) is 30.7 Å². The fourth-order valence-corrected chi connectivity index (χ4v) is 2.19. The van der Waals surface area contributed by atoms with E-state index in [-0.39, 0.29) is 6.04 Å². The molecule has 0 fully saturated rings. The summed E-state index contributed by atoms with van der Waals surface area (Å²) < 4.78 is 1.92. The number of rotatable bonds is 5. The molecule has 1 unspecified atom stereocenters. The summed E-state index contributed by atoms with van der Waals surface area (Å²) in [6.45, 7) is 2.87. The van der Waals surface area contributed by atoms with Crippen molar-refractivity contribution >= 4 is 5.69 Å². The molecule has 0 saturated carbocycles. The molecule has 0 aliphatic heterocycles. The SMILES string of the molecule is CC(Nc1ccccc1Cn1cccn1)c1ccn[nH]1. The first-order chi connectivity index (χ1) is 9.83. The maximum atomic E-state index is 4.25. The first-order valence-corrected chi connectivity index (χ1v) is 6.64. The van der Waals surface area contributed by atoms with Crippen LogP contribution < -0.4 is 5.32 Å². The van der Waals surface area contributed by atoms with Crippen LogP contribution in [0.1, 0.15) is 24.2 Å². The van der Waals surface area contributed by atoms with E-state index in [1.54, 1.807) is 12.4 Å². The summed E-state index contributed by atoms with van der Waals surface area (Å²) in [4.78, 5) is 0. The van der Waals surface area contributed by atoms with Gasteiger partial charge in [-0.25, -0.2) is 0 Å². The van der Waals surface area contributed by atoms with Gasteiger partial charge >= 0.3 is 0 Å². The molecule has 0 saturated heterocycles. The molecule has 5 nitrogen and oxygen atoms in total. The summed E-state index contributed by atoms with van der Waals surface area (Å²) in [5.74, 6) is 0. The second-order valence-electron chi connectivity index (χ2n) is 4.74.